The molecule has 0 saturated heterocycles. The number of allylic oxidation sites excluding steroid dienone is 2. The van der Waals surface area contributed by atoms with Crippen LogP contribution in [0.1, 0.15) is 50.0 Å². The molecule has 0 amide bonds. The van der Waals surface area contributed by atoms with Crippen LogP contribution < -0.4 is 0 Å². The fourth-order valence-corrected chi connectivity index (χ4v) is 3.71. The van der Waals surface area contributed by atoms with Crippen LogP contribution in [0.2, 0.25) is 0 Å². The van der Waals surface area contributed by atoms with E-state index < -0.39 is 24.3 Å². The number of aryl methyl sites for hydroxylation is 2. The number of aliphatic hydroxyl groups excluding tert-OH is 3. The molecule has 156 valence electrons. The molecule has 2 rings (SSSR count). The molecule has 5 atom stereocenters. The maximum absolute atomic E-state index is 10.5. The summed E-state index contributed by atoms with van der Waals surface area (Å²) in [4.78, 5) is 10.5. The maximum Gasteiger partial charge on any atom is 0.303 e. The van der Waals surface area contributed by atoms with Crippen LogP contribution in [0.4, 0.5) is 0 Å². The Labute approximate surface area is 166 Å². The highest BCUT2D eigenvalue weighted by Gasteiger charge is 2.39. The predicted octanol–water partition coefficient (Wildman–Crippen LogP) is 3.00. The van der Waals surface area contributed by atoms with Gasteiger partial charge in [0.05, 0.1) is 18.3 Å². The second kappa shape index (κ2) is 11.2. The lowest BCUT2D eigenvalue weighted by Crippen LogP contribution is -2.20. The van der Waals surface area contributed by atoms with Crippen molar-refractivity contribution in [1.82, 2.24) is 0 Å². The number of furan rings is 1. The summed E-state index contributed by atoms with van der Waals surface area (Å²) in [6, 6.07) is 3.80. The number of aliphatic hydroxyl groups is 3. The van der Waals surface area contributed by atoms with Crippen LogP contribution in [-0.4, -0.2) is 44.7 Å². The maximum atomic E-state index is 10.5. The van der Waals surface area contributed by atoms with Gasteiger partial charge in [-0.05, 0) is 50.7 Å². The van der Waals surface area contributed by atoms with Crippen molar-refractivity contribution in [2.45, 2.75) is 70.2 Å². The van der Waals surface area contributed by atoms with Gasteiger partial charge in [-0.2, -0.15) is 0 Å². The molecule has 4 N–H and O–H groups in total. The molecule has 0 aromatic carbocycles. The summed E-state index contributed by atoms with van der Waals surface area (Å²) >= 11 is 0. The number of carboxylic acid groups (broad SMARTS) is 1. The first kappa shape index (κ1) is 22.4. The molecule has 4 unspecified atom stereocenters. The van der Waals surface area contributed by atoms with Gasteiger partial charge in [0.1, 0.15) is 11.5 Å². The first-order valence-corrected chi connectivity index (χ1v) is 10.0. The van der Waals surface area contributed by atoms with Gasteiger partial charge in [0.2, 0.25) is 0 Å². The third-order valence-electron chi connectivity index (χ3n) is 5.29. The monoisotopic (exact) mass is 392 g/mol. The summed E-state index contributed by atoms with van der Waals surface area (Å²) in [7, 11) is 0. The van der Waals surface area contributed by atoms with E-state index in [4.69, 9.17) is 9.52 Å². The molecule has 0 aliphatic heterocycles. The molecule has 6 heteroatoms. The van der Waals surface area contributed by atoms with E-state index in [2.05, 4.69) is 0 Å². The number of hydrogen-bond donors (Lipinski definition) is 4. The van der Waals surface area contributed by atoms with E-state index in [1.807, 2.05) is 37.3 Å². The lowest BCUT2D eigenvalue weighted by molar-refractivity contribution is -0.137. The summed E-state index contributed by atoms with van der Waals surface area (Å²) in [6.45, 7) is 1.88. The second-order valence-electron chi connectivity index (χ2n) is 7.61. The molecular formula is C22H32O6. The van der Waals surface area contributed by atoms with E-state index in [1.165, 1.54) is 0 Å². The van der Waals surface area contributed by atoms with Crippen molar-refractivity contribution in [3.8, 4) is 0 Å². The molecule has 28 heavy (non-hydrogen) atoms. The summed E-state index contributed by atoms with van der Waals surface area (Å²) < 4.78 is 5.50. The molecule has 0 bridgehead atoms. The van der Waals surface area contributed by atoms with Crippen LogP contribution in [0, 0.1) is 18.8 Å². The number of carbonyl (C=O) groups is 1. The molecule has 1 heterocycles. The first-order valence-electron chi connectivity index (χ1n) is 10.0. The summed E-state index contributed by atoms with van der Waals surface area (Å²) in [5.41, 5.74) is 0. The summed E-state index contributed by atoms with van der Waals surface area (Å²) in [5, 5.41) is 39.3. The Morgan fingerprint density at radius 1 is 1.29 bits per heavy atom. The Morgan fingerprint density at radius 3 is 2.75 bits per heavy atom. The number of hydrogen-bond acceptors (Lipinski definition) is 5. The number of carboxylic acids is 1. The molecule has 0 radical (unpaired) electrons. The SMILES string of the molecule is Cc1ccc(CCC(O)/C=C/C2C(O)CC(O)[C@@H]2C/C=C\CCCC(=O)O)o1. The van der Waals surface area contributed by atoms with Crippen LogP contribution >= 0.6 is 0 Å². The largest absolute Gasteiger partial charge is 0.481 e. The second-order valence-corrected chi connectivity index (χ2v) is 7.61. The van der Waals surface area contributed by atoms with Gasteiger partial charge < -0.3 is 24.8 Å². The van der Waals surface area contributed by atoms with Crippen LogP contribution in [0.15, 0.2) is 40.9 Å². The molecule has 6 nitrogen and oxygen atoms in total. The van der Waals surface area contributed by atoms with E-state index in [0.29, 0.717) is 38.5 Å². The van der Waals surface area contributed by atoms with Crippen molar-refractivity contribution >= 4 is 5.97 Å². The van der Waals surface area contributed by atoms with Gasteiger partial charge in [-0.3, -0.25) is 4.79 Å². The Hall–Kier alpha value is -1.89. The van der Waals surface area contributed by atoms with Gasteiger partial charge >= 0.3 is 5.97 Å². The zero-order valence-corrected chi connectivity index (χ0v) is 16.4. The fraction of sp³-hybridized carbons (Fsp3) is 0.591. The number of aliphatic carboxylic acids is 1. The Balaban J connectivity index is 1.81. The van der Waals surface area contributed by atoms with Gasteiger partial charge in [0.25, 0.3) is 0 Å². The van der Waals surface area contributed by atoms with Crippen LogP contribution in [0.25, 0.3) is 0 Å². The quantitative estimate of drug-likeness (QED) is 0.340. The third kappa shape index (κ3) is 7.26. The minimum absolute atomic E-state index is 0.109. The van der Waals surface area contributed by atoms with Crippen molar-refractivity contribution in [2.24, 2.45) is 11.8 Å². The van der Waals surface area contributed by atoms with E-state index in [0.717, 1.165) is 11.5 Å². The van der Waals surface area contributed by atoms with Crippen molar-refractivity contribution in [2.75, 3.05) is 0 Å². The average Bonchev–Trinajstić information content (AvgIpc) is 3.16. The van der Waals surface area contributed by atoms with E-state index in [1.54, 1.807) is 6.08 Å². The minimum Gasteiger partial charge on any atom is -0.481 e. The molecule has 1 saturated carbocycles. The zero-order chi connectivity index (χ0) is 20.5. The van der Waals surface area contributed by atoms with Crippen molar-refractivity contribution < 1.29 is 29.6 Å². The standard InChI is InChI=1S/C22H32O6/c1-15-8-11-17(28-15)12-9-16(23)10-13-19-18(20(24)14-21(19)25)6-4-2-3-5-7-22(26)27/h2,4,8,10-11,13,16,18-21,23-25H,3,5-7,9,12,14H2,1H3,(H,26,27)/b4-2-,13-10+/t16?,18-,19?,20?,21?/m1/s1. The summed E-state index contributed by atoms with van der Waals surface area (Å²) in [6.07, 6.45) is 9.08. The van der Waals surface area contributed by atoms with E-state index in [9.17, 15) is 20.1 Å². The van der Waals surface area contributed by atoms with Crippen LogP contribution in [0.5, 0.6) is 0 Å². The van der Waals surface area contributed by atoms with Crippen LogP contribution in [-0.2, 0) is 11.2 Å². The highest BCUT2D eigenvalue weighted by molar-refractivity contribution is 5.66. The fourth-order valence-electron chi connectivity index (χ4n) is 3.71. The van der Waals surface area contributed by atoms with Gasteiger partial charge in [-0.25, -0.2) is 0 Å². The molecule has 0 spiro atoms. The van der Waals surface area contributed by atoms with Crippen LogP contribution in [0.3, 0.4) is 0 Å². The molecular weight excluding hydrogens is 360 g/mol. The third-order valence-corrected chi connectivity index (χ3v) is 5.29. The van der Waals surface area contributed by atoms with Crippen molar-refractivity contribution in [3.05, 3.63) is 48.0 Å². The lowest BCUT2D eigenvalue weighted by Gasteiger charge is -2.19. The Bertz CT molecular complexity index is 662. The van der Waals surface area contributed by atoms with Crippen molar-refractivity contribution in [3.63, 3.8) is 0 Å². The first-order chi connectivity index (χ1) is 13.4. The lowest BCUT2D eigenvalue weighted by atomic mass is 9.89. The van der Waals surface area contributed by atoms with E-state index >= 15 is 0 Å². The molecule has 1 aliphatic carbocycles. The topological polar surface area (TPSA) is 111 Å². The number of unbranched alkanes of at least 4 members (excludes halogenated alkanes) is 1. The Kier molecular flexibility index (Phi) is 8.96. The van der Waals surface area contributed by atoms with Gasteiger partial charge in [-0.15, -0.1) is 0 Å². The predicted molar refractivity (Wildman–Crippen MR) is 106 cm³/mol. The van der Waals surface area contributed by atoms with Gasteiger partial charge in [0, 0.05) is 25.2 Å². The average molecular weight is 392 g/mol. The molecule has 1 aromatic heterocycles. The zero-order valence-electron chi connectivity index (χ0n) is 16.4. The van der Waals surface area contributed by atoms with Gasteiger partial charge in [0.15, 0.2) is 0 Å². The van der Waals surface area contributed by atoms with Gasteiger partial charge in [-0.1, -0.05) is 24.3 Å². The molecule has 1 aromatic rings. The molecule has 1 aliphatic rings. The smallest absolute Gasteiger partial charge is 0.303 e. The van der Waals surface area contributed by atoms with Crippen molar-refractivity contribution in [1.29, 1.82) is 0 Å². The minimum atomic E-state index is -0.798. The normalized spacial score (nSPS) is 26.4. The Morgan fingerprint density at radius 2 is 2.07 bits per heavy atom. The highest BCUT2D eigenvalue weighted by atomic mass is 16.4. The number of rotatable bonds is 11. The summed E-state index contributed by atoms with van der Waals surface area (Å²) in [5.74, 6) is 0.573. The van der Waals surface area contributed by atoms with E-state index in [-0.39, 0.29) is 18.3 Å². The molecule has 1 fully saturated rings. The highest BCUT2D eigenvalue weighted by Crippen LogP contribution is 2.36.